The number of hydrogen-bond acceptors (Lipinski definition) is 5. The van der Waals surface area contributed by atoms with Gasteiger partial charge in [-0.1, -0.05) is 12.1 Å². The number of carbonyl (C=O) groups is 3. The zero-order valence-corrected chi connectivity index (χ0v) is 11.3. The zero-order chi connectivity index (χ0) is 15.0. The van der Waals surface area contributed by atoms with Crippen molar-refractivity contribution in [1.29, 1.82) is 0 Å². The molecule has 0 spiro atoms. The smallest absolute Gasteiger partial charge is 0.308 e. The maximum atomic E-state index is 12.2. The Labute approximate surface area is 121 Å². The topological polar surface area (TPSA) is 83.9 Å². The van der Waals surface area contributed by atoms with Crippen LogP contribution >= 0.6 is 0 Å². The molecule has 21 heavy (non-hydrogen) atoms. The largest absolute Gasteiger partial charge is 0.462 e. The molecule has 2 amide bonds. The molecule has 2 heterocycles. The zero-order valence-electron chi connectivity index (χ0n) is 11.3. The summed E-state index contributed by atoms with van der Waals surface area (Å²) in [5.74, 6) is -1.09. The summed E-state index contributed by atoms with van der Waals surface area (Å²) in [6.45, 7) is 0.178. The minimum absolute atomic E-state index is 0.00349. The molecule has 6 heteroatoms. The van der Waals surface area contributed by atoms with Gasteiger partial charge in [0.25, 0.3) is 11.8 Å². The lowest BCUT2D eigenvalue weighted by Crippen LogP contribution is -2.37. The van der Waals surface area contributed by atoms with Crippen molar-refractivity contribution in [3.63, 3.8) is 0 Å². The van der Waals surface area contributed by atoms with Crippen molar-refractivity contribution < 1.29 is 24.2 Å². The number of amides is 2. The molecule has 0 radical (unpaired) electrons. The average molecular weight is 289 g/mol. The van der Waals surface area contributed by atoms with E-state index in [1.165, 1.54) is 4.90 Å². The van der Waals surface area contributed by atoms with Gasteiger partial charge in [-0.05, 0) is 12.1 Å². The molecule has 6 nitrogen and oxygen atoms in total. The quantitative estimate of drug-likeness (QED) is 0.655. The summed E-state index contributed by atoms with van der Waals surface area (Å²) in [6, 6.07) is 6.68. The molecule has 1 aromatic carbocycles. The van der Waals surface area contributed by atoms with E-state index in [9.17, 15) is 19.5 Å². The molecule has 0 unspecified atom stereocenters. The van der Waals surface area contributed by atoms with Crippen LogP contribution in [0.1, 0.15) is 40.0 Å². The number of aliphatic hydroxyl groups excluding tert-OH is 1. The van der Waals surface area contributed by atoms with Gasteiger partial charge < -0.3 is 9.84 Å². The molecule has 3 rings (SSSR count). The number of carbonyl (C=O) groups excluding carboxylic acids is 3. The predicted octanol–water partition coefficient (Wildman–Crippen LogP) is 0.739. The molecule has 110 valence electrons. The van der Waals surface area contributed by atoms with E-state index >= 15 is 0 Å². The molecule has 2 aliphatic heterocycles. The number of cyclic esters (lactones) is 1. The monoisotopic (exact) mass is 289 g/mol. The number of esters is 1. The van der Waals surface area contributed by atoms with Crippen LogP contribution in [0.3, 0.4) is 0 Å². The highest BCUT2D eigenvalue weighted by Gasteiger charge is 2.36. The van der Waals surface area contributed by atoms with Gasteiger partial charge in [0.1, 0.15) is 6.10 Å². The molecule has 1 aromatic rings. The number of ether oxygens (including phenoxy) is 1. The maximum Gasteiger partial charge on any atom is 0.308 e. The molecule has 1 N–H and O–H groups in total. The van der Waals surface area contributed by atoms with Gasteiger partial charge in [-0.3, -0.25) is 19.3 Å². The predicted molar refractivity (Wildman–Crippen MR) is 71.5 cm³/mol. The van der Waals surface area contributed by atoms with Gasteiger partial charge in [0, 0.05) is 19.4 Å². The minimum Gasteiger partial charge on any atom is -0.462 e. The van der Waals surface area contributed by atoms with E-state index in [2.05, 4.69) is 0 Å². The molecular formula is C15H15NO5. The minimum atomic E-state index is -0.710. The standard InChI is InChI=1S/C15H15NO5/c17-9-7-10(21-13(18)8-9)5-6-16-14(19)11-3-1-2-4-12(11)15(16)20/h1-4,9-10,17H,5-8H2/t9-,10+/m1/s1. The molecule has 0 saturated carbocycles. The fourth-order valence-corrected chi connectivity index (χ4v) is 2.75. The van der Waals surface area contributed by atoms with Crippen molar-refractivity contribution in [2.75, 3.05) is 6.54 Å². The molecule has 0 bridgehead atoms. The van der Waals surface area contributed by atoms with Crippen LogP contribution < -0.4 is 0 Å². The number of hydrogen-bond donors (Lipinski definition) is 1. The number of imide groups is 1. The Morgan fingerprint density at radius 2 is 1.76 bits per heavy atom. The Morgan fingerprint density at radius 3 is 2.33 bits per heavy atom. The Hall–Kier alpha value is -2.21. The fourth-order valence-electron chi connectivity index (χ4n) is 2.75. The summed E-state index contributed by atoms with van der Waals surface area (Å²) in [7, 11) is 0. The van der Waals surface area contributed by atoms with Crippen LogP contribution in [0.4, 0.5) is 0 Å². The van der Waals surface area contributed by atoms with Crippen LogP contribution in [0.2, 0.25) is 0 Å². The summed E-state index contributed by atoms with van der Waals surface area (Å²) in [5, 5.41) is 9.54. The van der Waals surface area contributed by atoms with E-state index in [-0.39, 0.29) is 24.8 Å². The lowest BCUT2D eigenvalue weighted by Gasteiger charge is -2.27. The highest BCUT2D eigenvalue weighted by molar-refractivity contribution is 6.21. The number of nitrogens with zero attached hydrogens (tertiary/aromatic N) is 1. The highest BCUT2D eigenvalue weighted by Crippen LogP contribution is 2.24. The van der Waals surface area contributed by atoms with E-state index < -0.39 is 18.2 Å². The van der Waals surface area contributed by atoms with Crippen molar-refractivity contribution in [1.82, 2.24) is 4.90 Å². The van der Waals surface area contributed by atoms with E-state index in [1.807, 2.05) is 0 Å². The number of fused-ring (bicyclic) bond motifs is 1. The number of aliphatic hydroxyl groups is 1. The normalized spacial score (nSPS) is 25.0. The van der Waals surface area contributed by atoms with Crippen molar-refractivity contribution in [2.24, 2.45) is 0 Å². The summed E-state index contributed by atoms with van der Waals surface area (Å²) in [6.07, 6.45) is -0.476. The van der Waals surface area contributed by atoms with Crippen molar-refractivity contribution in [2.45, 2.75) is 31.5 Å². The molecule has 1 saturated heterocycles. The molecular weight excluding hydrogens is 274 g/mol. The fraction of sp³-hybridized carbons (Fsp3) is 0.400. The third kappa shape index (κ3) is 2.54. The number of benzene rings is 1. The van der Waals surface area contributed by atoms with Crippen molar-refractivity contribution in [3.05, 3.63) is 35.4 Å². The van der Waals surface area contributed by atoms with E-state index in [1.54, 1.807) is 24.3 Å². The van der Waals surface area contributed by atoms with Gasteiger partial charge in [0.15, 0.2) is 0 Å². The molecule has 1 fully saturated rings. The summed E-state index contributed by atoms with van der Waals surface area (Å²) >= 11 is 0. The average Bonchev–Trinajstić information content (AvgIpc) is 2.69. The highest BCUT2D eigenvalue weighted by atomic mass is 16.5. The third-order valence-electron chi connectivity index (χ3n) is 3.79. The first kappa shape index (κ1) is 13.8. The van der Waals surface area contributed by atoms with Gasteiger partial charge in [-0.15, -0.1) is 0 Å². The summed E-state index contributed by atoms with van der Waals surface area (Å²) in [5.41, 5.74) is 0.811. The summed E-state index contributed by atoms with van der Waals surface area (Å²) < 4.78 is 5.12. The third-order valence-corrected chi connectivity index (χ3v) is 3.79. The Morgan fingerprint density at radius 1 is 1.14 bits per heavy atom. The first-order chi connectivity index (χ1) is 10.1. The lowest BCUT2D eigenvalue weighted by atomic mass is 10.0. The van der Waals surface area contributed by atoms with Crippen LogP contribution in [0.15, 0.2) is 24.3 Å². The van der Waals surface area contributed by atoms with Gasteiger partial charge >= 0.3 is 5.97 Å². The Kier molecular flexibility index (Phi) is 3.47. The second kappa shape index (κ2) is 5.29. The number of rotatable bonds is 3. The van der Waals surface area contributed by atoms with E-state index in [0.29, 0.717) is 24.0 Å². The molecule has 2 aliphatic rings. The lowest BCUT2D eigenvalue weighted by molar-refractivity contribution is -0.160. The van der Waals surface area contributed by atoms with Crippen molar-refractivity contribution in [3.8, 4) is 0 Å². The van der Waals surface area contributed by atoms with Crippen LogP contribution in [-0.4, -0.2) is 46.5 Å². The van der Waals surface area contributed by atoms with Crippen LogP contribution in [-0.2, 0) is 9.53 Å². The second-order valence-corrected chi connectivity index (χ2v) is 5.30. The first-order valence-corrected chi connectivity index (χ1v) is 6.89. The van der Waals surface area contributed by atoms with Gasteiger partial charge in [-0.25, -0.2) is 0 Å². The van der Waals surface area contributed by atoms with Crippen LogP contribution in [0, 0.1) is 0 Å². The molecule has 0 aromatic heterocycles. The Bertz CT molecular complexity index is 577. The molecule has 2 atom stereocenters. The SMILES string of the molecule is O=C1C[C@H](O)C[C@H](CCN2C(=O)c3ccccc3C2=O)O1. The van der Waals surface area contributed by atoms with Gasteiger partial charge in [0.2, 0.25) is 0 Å². The van der Waals surface area contributed by atoms with Gasteiger partial charge in [0.05, 0.1) is 23.7 Å². The van der Waals surface area contributed by atoms with Gasteiger partial charge in [-0.2, -0.15) is 0 Å². The van der Waals surface area contributed by atoms with Crippen molar-refractivity contribution >= 4 is 17.8 Å². The Balaban J connectivity index is 1.66. The first-order valence-electron chi connectivity index (χ1n) is 6.89. The van der Waals surface area contributed by atoms with Crippen LogP contribution in [0.25, 0.3) is 0 Å². The summed E-state index contributed by atoms with van der Waals surface area (Å²) in [4.78, 5) is 36.7. The van der Waals surface area contributed by atoms with E-state index in [4.69, 9.17) is 4.74 Å². The van der Waals surface area contributed by atoms with E-state index in [0.717, 1.165) is 0 Å². The maximum absolute atomic E-state index is 12.2. The van der Waals surface area contributed by atoms with Crippen LogP contribution in [0.5, 0.6) is 0 Å². The molecule has 0 aliphatic carbocycles. The second-order valence-electron chi connectivity index (χ2n) is 5.30.